The molecule has 0 bridgehead atoms. The summed E-state index contributed by atoms with van der Waals surface area (Å²) in [6.45, 7) is 0.00640. The van der Waals surface area contributed by atoms with Gasteiger partial charge in [0.2, 0.25) is 5.95 Å². The Morgan fingerprint density at radius 2 is 1.85 bits per heavy atom. The van der Waals surface area contributed by atoms with Crippen molar-refractivity contribution < 1.29 is 31.8 Å². The molecule has 0 fully saturated rings. The number of aromatic nitrogens is 3. The molecule has 2 aromatic heterocycles. The predicted octanol–water partition coefficient (Wildman–Crippen LogP) is 4.71. The lowest BCUT2D eigenvalue weighted by Crippen LogP contribution is -2.44. The molecule has 2 heterocycles. The Bertz CT molecular complexity index is 1360. The summed E-state index contributed by atoms with van der Waals surface area (Å²) in [7, 11) is 0. The highest BCUT2D eigenvalue weighted by Crippen LogP contribution is 2.40. The van der Waals surface area contributed by atoms with Crippen molar-refractivity contribution in [2.75, 3.05) is 12.3 Å². The van der Waals surface area contributed by atoms with E-state index in [1.807, 2.05) is 0 Å². The predicted molar refractivity (Wildman–Crippen MR) is 114 cm³/mol. The largest absolute Gasteiger partial charge is 0.487 e. The first-order valence-electron chi connectivity index (χ1n) is 10.1. The minimum atomic E-state index is -3.80. The molecule has 3 N–H and O–H groups in total. The normalized spacial score (nSPS) is 13.7. The Kier molecular flexibility index (Phi) is 5.90. The third-order valence-corrected chi connectivity index (χ3v) is 5.48. The average molecular weight is 478 g/mol. The molecule has 0 aliphatic rings. The van der Waals surface area contributed by atoms with E-state index >= 15 is 4.39 Å². The molecule has 1 unspecified atom stereocenters. The van der Waals surface area contributed by atoms with Gasteiger partial charge in [-0.25, -0.2) is 26.5 Å². The number of rotatable bonds is 7. The molecule has 0 amide bonds. The maximum absolute atomic E-state index is 15.1. The molecule has 6 nitrogen and oxygen atoms in total. The van der Waals surface area contributed by atoms with E-state index in [1.165, 1.54) is 35.0 Å². The minimum absolute atomic E-state index is 0.0100. The van der Waals surface area contributed by atoms with Gasteiger partial charge in [0.15, 0.2) is 28.6 Å². The van der Waals surface area contributed by atoms with Crippen molar-refractivity contribution in [3.8, 4) is 16.9 Å². The van der Waals surface area contributed by atoms with Crippen LogP contribution in [-0.2, 0) is 5.60 Å². The summed E-state index contributed by atoms with van der Waals surface area (Å²) >= 11 is 0. The summed E-state index contributed by atoms with van der Waals surface area (Å²) in [4.78, 5) is 3.97. The number of benzene rings is 2. The molecule has 11 heteroatoms. The highest BCUT2D eigenvalue weighted by Gasteiger charge is 2.50. The first-order chi connectivity index (χ1) is 16.0. The maximum Gasteiger partial charge on any atom is 0.283 e. The molecule has 0 radical (unpaired) electrons. The topological polar surface area (TPSA) is 85.7 Å². The Balaban J connectivity index is 1.55. The van der Waals surface area contributed by atoms with Gasteiger partial charge in [0.25, 0.3) is 5.92 Å². The molecule has 178 valence electrons. The Labute approximate surface area is 190 Å². The second-order valence-electron chi connectivity index (χ2n) is 7.81. The van der Waals surface area contributed by atoms with E-state index in [0.29, 0.717) is 11.2 Å². The zero-order chi connectivity index (χ0) is 24.7. The molecule has 0 saturated heterocycles. The molecule has 0 aliphatic heterocycles. The Hall–Kier alpha value is -3.73. The molecule has 1 atom stereocenters. The number of alkyl halides is 2. The van der Waals surface area contributed by atoms with E-state index in [9.17, 15) is 22.7 Å². The fourth-order valence-electron chi connectivity index (χ4n) is 3.48. The first-order valence-corrected chi connectivity index (χ1v) is 10.1. The number of fused-ring (bicyclic) bond motifs is 1. The van der Waals surface area contributed by atoms with Crippen LogP contribution in [0.1, 0.15) is 18.9 Å². The number of ether oxygens (including phenoxy) is 1. The van der Waals surface area contributed by atoms with E-state index < -0.39 is 47.8 Å². The van der Waals surface area contributed by atoms with Gasteiger partial charge in [0.05, 0.1) is 6.61 Å². The van der Waals surface area contributed by atoms with Crippen LogP contribution in [0.15, 0.2) is 54.7 Å². The molecule has 4 aromatic rings. The second-order valence-corrected chi connectivity index (χ2v) is 7.81. The van der Waals surface area contributed by atoms with E-state index in [-0.39, 0.29) is 17.1 Å². The summed E-state index contributed by atoms with van der Waals surface area (Å²) in [5, 5.41) is 14.3. The van der Waals surface area contributed by atoms with Crippen LogP contribution >= 0.6 is 0 Å². The number of halogens is 5. The van der Waals surface area contributed by atoms with Crippen LogP contribution in [0.2, 0.25) is 0 Å². The van der Waals surface area contributed by atoms with Gasteiger partial charge < -0.3 is 15.6 Å². The summed E-state index contributed by atoms with van der Waals surface area (Å²) < 4.78 is 78.7. The van der Waals surface area contributed by atoms with Crippen LogP contribution in [0.5, 0.6) is 5.75 Å². The monoisotopic (exact) mass is 478 g/mol. The lowest BCUT2D eigenvalue weighted by Gasteiger charge is -2.33. The van der Waals surface area contributed by atoms with Crippen molar-refractivity contribution in [2.45, 2.75) is 24.9 Å². The quantitative estimate of drug-likeness (QED) is 0.376. The maximum atomic E-state index is 15.1. The van der Waals surface area contributed by atoms with E-state index in [2.05, 4.69) is 10.1 Å². The number of pyridine rings is 1. The fourth-order valence-corrected chi connectivity index (χ4v) is 3.48. The summed E-state index contributed by atoms with van der Waals surface area (Å²) in [6.07, 6.45) is 0.386. The molecule has 0 saturated carbocycles. The standard InChI is InChI=1S/C23H19F5N4O2/c1-22(33,14-3-2-4-15(24)12-14)23(27,28)8-10-34-20-17(25)6-5-16(19(20)26)13-7-9-32-18(11-13)30-21(29)31-32/h2-7,9,11-12,33H,8,10H2,1H3,(H2,29,31). The number of nitrogens with zero attached hydrogens (tertiary/aromatic N) is 3. The SMILES string of the molecule is CC(O)(c1cccc(F)c1)C(F)(F)CCOc1c(F)ccc(-c2ccn3nc(N)nc3c2)c1F. The van der Waals surface area contributed by atoms with Crippen molar-refractivity contribution in [1.82, 2.24) is 14.6 Å². The average Bonchev–Trinajstić information content (AvgIpc) is 3.15. The molecule has 34 heavy (non-hydrogen) atoms. The molecular formula is C23H19F5N4O2. The van der Waals surface area contributed by atoms with Crippen molar-refractivity contribution >= 4 is 11.6 Å². The lowest BCUT2D eigenvalue weighted by atomic mass is 9.87. The van der Waals surface area contributed by atoms with Gasteiger partial charge in [-0.2, -0.15) is 4.98 Å². The molecule has 0 aliphatic carbocycles. The fraction of sp³-hybridized carbons (Fsp3) is 0.217. The molecule has 4 rings (SSSR count). The third-order valence-electron chi connectivity index (χ3n) is 5.48. The van der Waals surface area contributed by atoms with Gasteiger partial charge in [-0.15, -0.1) is 5.10 Å². The number of nitrogen functional groups attached to an aromatic ring is 1. The van der Waals surface area contributed by atoms with Crippen molar-refractivity contribution in [1.29, 1.82) is 0 Å². The smallest absolute Gasteiger partial charge is 0.283 e. The molecule has 2 aromatic carbocycles. The zero-order valence-corrected chi connectivity index (χ0v) is 17.8. The number of hydrogen-bond donors (Lipinski definition) is 2. The third kappa shape index (κ3) is 4.26. The second kappa shape index (κ2) is 8.56. The first kappa shape index (κ1) is 23.4. The van der Waals surface area contributed by atoms with E-state index in [0.717, 1.165) is 31.2 Å². The van der Waals surface area contributed by atoms with Crippen LogP contribution in [-0.4, -0.2) is 32.2 Å². The Morgan fingerprint density at radius 1 is 1.09 bits per heavy atom. The minimum Gasteiger partial charge on any atom is -0.487 e. The summed E-state index contributed by atoms with van der Waals surface area (Å²) in [5.41, 5.74) is 3.02. The van der Waals surface area contributed by atoms with Gasteiger partial charge >= 0.3 is 0 Å². The van der Waals surface area contributed by atoms with Crippen LogP contribution < -0.4 is 10.5 Å². The van der Waals surface area contributed by atoms with Gasteiger partial charge in [-0.3, -0.25) is 0 Å². The summed E-state index contributed by atoms with van der Waals surface area (Å²) in [6, 6.07) is 9.25. The van der Waals surface area contributed by atoms with Gasteiger partial charge in [-0.05, 0) is 54.4 Å². The van der Waals surface area contributed by atoms with Crippen LogP contribution in [0.4, 0.5) is 27.9 Å². The zero-order valence-electron chi connectivity index (χ0n) is 17.8. The molecule has 0 spiro atoms. The van der Waals surface area contributed by atoms with Gasteiger partial charge in [0.1, 0.15) is 5.82 Å². The van der Waals surface area contributed by atoms with E-state index in [1.54, 1.807) is 0 Å². The number of aliphatic hydroxyl groups is 1. The number of anilines is 1. The van der Waals surface area contributed by atoms with E-state index in [4.69, 9.17) is 10.5 Å². The van der Waals surface area contributed by atoms with Crippen LogP contribution in [0, 0.1) is 17.5 Å². The highest BCUT2D eigenvalue weighted by atomic mass is 19.3. The van der Waals surface area contributed by atoms with Crippen LogP contribution in [0.3, 0.4) is 0 Å². The van der Waals surface area contributed by atoms with Crippen molar-refractivity contribution in [2.24, 2.45) is 0 Å². The van der Waals surface area contributed by atoms with Crippen molar-refractivity contribution in [3.63, 3.8) is 0 Å². The van der Waals surface area contributed by atoms with Gasteiger partial charge in [-0.1, -0.05) is 12.1 Å². The van der Waals surface area contributed by atoms with Crippen molar-refractivity contribution in [3.05, 3.63) is 77.7 Å². The molecular weight excluding hydrogens is 459 g/mol. The summed E-state index contributed by atoms with van der Waals surface area (Å²) in [5.74, 6) is -7.62. The van der Waals surface area contributed by atoms with Gasteiger partial charge in [0, 0.05) is 18.2 Å². The lowest BCUT2D eigenvalue weighted by molar-refractivity contribution is -0.184. The highest BCUT2D eigenvalue weighted by molar-refractivity contribution is 5.69. The van der Waals surface area contributed by atoms with Crippen LogP contribution in [0.25, 0.3) is 16.8 Å². The number of hydrogen-bond acceptors (Lipinski definition) is 5. The Morgan fingerprint density at radius 3 is 2.59 bits per heavy atom. The number of nitrogens with two attached hydrogens (primary N) is 1.